The van der Waals surface area contributed by atoms with Crippen LogP contribution in [0.5, 0.6) is 5.75 Å². The lowest BCUT2D eigenvalue weighted by atomic mass is 9.89. The van der Waals surface area contributed by atoms with E-state index in [2.05, 4.69) is 36.1 Å². The molecule has 4 rings (SSSR count). The van der Waals surface area contributed by atoms with Crippen LogP contribution >= 0.6 is 0 Å². The minimum Gasteiger partial charge on any atom is -0.497 e. The van der Waals surface area contributed by atoms with Crippen LogP contribution in [0.4, 0.5) is 10.6 Å². The zero-order valence-electron chi connectivity index (χ0n) is 17.9. The van der Waals surface area contributed by atoms with Gasteiger partial charge in [0.05, 0.1) is 13.2 Å². The van der Waals surface area contributed by atoms with Crippen LogP contribution in [0.25, 0.3) is 0 Å². The maximum Gasteiger partial charge on any atom is 0.320 e. The first-order valence-electron chi connectivity index (χ1n) is 10.2. The molecule has 6 heteroatoms. The van der Waals surface area contributed by atoms with Crippen molar-refractivity contribution >= 4 is 11.8 Å². The van der Waals surface area contributed by atoms with Gasteiger partial charge in [-0.05, 0) is 49.2 Å². The number of urea groups is 1. The molecule has 0 N–H and O–H groups in total. The van der Waals surface area contributed by atoms with Crippen LogP contribution in [0.3, 0.4) is 0 Å². The number of amides is 2. The van der Waals surface area contributed by atoms with Crippen LogP contribution in [0.15, 0.2) is 36.4 Å². The Kier molecular flexibility index (Phi) is 5.11. The van der Waals surface area contributed by atoms with E-state index in [1.807, 2.05) is 38.1 Å². The van der Waals surface area contributed by atoms with Gasteiger partial charge in [0.15, 0.2) is 0 Å². The molecule has 3 heterocycles. The number of anilines is 1. The lowest BCUT2D eigenvalue weighted by molar-refractivity contribution is 0.159. The molecular weight excluding hydrogens is 364 g/mol. The highest BCUT2D eigenvalue weighted by atomic mass is 16.5. The van der Waals surface area contributed by atoms with Gasteiger partial charge in [-0.2, -0.15) is 0 Å². The third-order valence-electron chi connectivity index (χ3n) is 6.16. The van der Waals surface area contributed by atoms with Crippen LogP contribution in [0.1, 0.15) is 22.9 Å². The predicted molar refractivity (Wildman–Crippen MR) is 114 cm³/mol. The molecule has 0 saturated carbocycles. The summed E-state index contributed by atoms with van der Waals surface area (Å²) in [6.45, 7) is 6.79. The molecular formula is C23H30N4O2. The number of methoxy groups -OCH3 is 1. The number of benzene rings is 1. The van der Waals surface area contributed by atoms with Crippen molar-refractivity contribution < 1.29 is 9.53 Å². The van der Waals surface area contributed by atoms with Crippen LogP contribution in [-0.4, -0.2) is 61.7 Å². The quantitative estimate of drug-likeness (QED) is 0.800. The number of carbonyl (C=O) groups is 1. The summed E-state index contributed by atoms with van der Waals surface area (Å²) in [4.78, 5) is 23.8. The van der Waals surface area contributed by atoms with E-state index in [1.54, 1.807) is 12.0 Å². The monoisotopic (exact) mass is 394 g/mol. The topological polar surface area (TPSA) is 48.9 Å². The highest BCUT2D eigenvalue weighted by Crippen LogP contribution is 2.46. The standard InChI is InChI=1S/C23H30N4O2/c1-15-10-16(2)24-21(11-15)26-12-18-13-27(23(28)25(3)4)22(20(18)14-26)17-6-8-19(29-5)9-7-17/h6-11,18,20,22H,12-14H2,1-5H3/t18-,20-,22+/m1/s1. The predicted octanol–water partition coefficient (Wildman–Crippen LogP) is 3.50. The molecule has 2 fully saturated rings. The van der Waals surface area contributed by atoms with Crippen molar-refractivity contribution in [3.63, 3.8) is 0 Å². The first-order chi connectivity index (χ1) is 13.9. The average Bonchev–Trinajstić information content (AvgIpc) is 3.24. The SMILES string of the molecule is COc1ccc([C@H]2[C@@H]3CN(c4cc(C)cc(C)n4)C[C@@H]3CN2C(=O)N(C)C)cc1. The number of aromatic nitrogens is 1. The number of nitrogens with zero attached hydrogens (tertiary/aromatic N) is 4. The number of aryl methyl sites for hydroxylation is 2. The number of carbonyl (C=O) groups excluding carboxylic acids is 1. The third kappa shape index (κ3) is 3.63. The fourth-order valence-electron chi connectivity index (χ4n) is 4.90. The molecule has 0 aliphatic carbocycles. The lowest BCUT2D eigenvalue weighted by Crippen LogP contribution is -2.41. The molecule has 2 amide bonds. The summed E-state index contributed by atoms with van der Waals surface area (Å²) < 4.78 is 5.32. The van der Waals surface area contributed by atoms with Crippen molar-refractivity contribution in [2.45, 2.75) is 19.9 Å². The van der Waals surface area contributed by atoms with E-state index < -0.39 is 0 Å². The van der Waals surface area contributed by atoms with E-state index in [0.29, 0.717) is 11.8 Å². The number of fused-ring (bicyclic) bond motifs is 1. The van der Waals surface area contributed by atoms with Crippen LogP contribution < -0.4 is 9.64 Å². The Balaban J connectivity index is 1.64. The molecule has 1 aromatic carbocycles. The molecule has 0 spiro atoms. The highest BCUT2D eigenvalue weighted by molar-refractivity contribution is 5.75. The number of hydrogen-bond donors (Lipinski definition) is 0. The molecule has 2 aromatic rings. The Bertz CT molecular complexity index is 876. The van der Waals surface area contributed by atoms with E-state index in [4.69, 9.17) is 9.72 Å². The normalized spacial score (nSPS) is 23.3. The number of likely N-dealkylation sites (tertiary alicyclic amines) is 1. The minimum atomic E-state index is 0.0664. The summed E-state index contributed by atoms with van der Waals surface area (Å²) in [6.07, 6.45) is 0. The maximum atomic E-state index is 12.9. The first kappa shape index (κ1) is 19.6. The Morgan fingerprint density at radius 1 is 1.10 bits per heavy atom. The Hall–Kier alpha value is -2.76. The van der Waals surface area contributed by atoms with Gasteiger partial charge < -0.3 is 19.4 Å². The Labute approximate surface area is 173 Å². The van der Waals surface area contributed by atoms with Crippen molar-refractivity contribution in [3.8, 4) is 5.75 Å². The van der Waals surface area contributed by atoms with Gasteiger partial charge in [-0.1, -0.05) is 12.1 Å². The third-order valence-corrected chi connectivity index (χ3v) is 6.16. The number of rotatable bonds is 3. The number of pyridine rings is 1. The number of ether oxygens (including phenoxy) is 1. The molecule has 2 saturated heterocycles. The highest BCUT2D eigenvalue weighted by Gasteiger charge is 2.49. The zero-order valence-corrected chi connectivity index (χ0v) is 17.9. The summed E-state index contributed by atoms with van der Waals surface area (Å²) in [5.74, 6) is 2.71. The van der Waals surface area contributed by atoms with Gasteiger partial charge in [-0.15, -0.1) is 0 Å². The van der Waals surface area contributed by atoms with Gasteiger partial charge >= 0.3 is 6.03 Å². The fraction of sp³-hybridized carbons (Fsp3) is 0.478. The minimum absolute atomic E-state index is 0.0664. The van der Waals surface area contributed by atoms with Crippen molar-refractivity contribution in [3.05, 3.63) is 53.2 Å². The summed E-state index contributed by atoms with van der Waals surface area (Å²) in [6, 6.07) is 12.6. The van der Waals surface area contributed by atoms with Gasteiger partial charge in [0.2, 0.25) is 0 Å². The Morgan fingerprint density at radius 3 is 2.45 bits per heavy atom. The zero-order chi connectivity index (χ0) is 20.7. The summed E-state index contributed by atoms with van der Waals surface area (Å²) in [5, 5.41) is 0. The molecule has 0 radical (unpaired) electrons. The van der Waals surface area contributed by atoms with Gasteiger partial charge in [-0.3, -0.25) is 0 Å². The maximum absolute atomic E-state index is 12.9. The van der Waals surface area contributed by atoms with Gasteiger partial charge in [0.1, 0.15) is 11.6 Å². The van der Waals surface area contributed by atoms with Crippen LogP contribution in [0, 0.1) is 25.7 Å². The summed E-state index contributed by atoms with van der Waals surface area (Å²) in [5.41, 5.74) is 3.46. The van der Waals surface area contributed by atoms with Crippen molar-refractivity contribution in [1.29, 1.82) is 0 Å². The Morgan fingerprint density at radius 2 is 1.83 bits per heavy atom. The molecule has 2 aliphatic heterocycles. The van der Waals surface area contributed by atoms with Gasteiger partial charge in [-0.25, -0.2) is 9.78 Å². The van der Waals surface area contributed by atoms with Crippen LogP contribution in [-0.2, 0) is 0 Å². The van der Waals surface area contributed by atoms with Crippen LogP contribution in [0.2, 0.25) is 0 Å². The van der Waals surface area contributed by atoms with E-state index in [-0.39, 0.29) is 12.1 Å². The molecule has 154 valence electrons. The van der Waals surface area contributed by atoms with E-state index in [9.17, 15) is 4.79 Å². The summed E-state index contributed by atoms with van der Waals surface area (Å²) >= 11 is 0. The molecule has 6 nitrogen and oxygen atoms in total. The van der Waals surface area contributed by atoms with Crippen molar-refractivity contribution in [2.24, 2.45) is 11.8 Å². The van der Waals surface area contributed by atoms with Crippen molar-refractivity contribution in [2.75, 3.05) is 45.7 Å². The molecule has 1 aromatic heterocycles. The second-order valence-electron chi connectivity index (χ2n) is 8.52. The van der Waals surface area contributed by atoms with Crippen molar-refractivity contribution in [1.82, 2.24) is 14.8 Å². The summed E-state index contributed by atoms with van der Waals surface area (Å²) in [7, 11) is 5.33. The first-order valence-corrected chi connectivity index (χ1v) is 10.2. The van der Waals surface area contributed by atoms with Gasteiger partial charge in [0.25, 0.3) is 0 Å². The second kappa shape index (κ2) is 7.58. The molecule has 3 atom stereocenters. The fourth-order valence-corrected chi connectivity index (χ4v) is 4.90. The molecule has 0 unspecified atom stereocenters. The lowest BCUT2D eigenvalue weighted by Gasteiger charge is -2.32. The second-order valence-corrected chi connectivity index (χ2v) is 8.52. The molecule has 2 aliphatic rings. The smallest absolute Gasteiger partial charge is 0.320 e. The van der Waals surface area contributed by atoms with Gasteiger partial charge in [0, 0.05) is 51.3 Å². The van der Waals surface area contributed by atoms with E-state index >= 15 is 0 Å². The van der Waals surface area contributed by atoms with E-state index in [0.717, 1.165) is 36.9 Å². The van der Waals surface area contributed by atoms with E-state index in [1.165, 1.54) is 11.1 Å². The largest absolute Gasteiger partial charge is 0.497 e. The molecule has 29 heavy (non-hydrogen) atoms. The molecule has 0 bridgehead atoms. The number of hydrogen-bond acceptors (Lipinski definition) is 4. The average molecular weight is 395 g/mol.